The Morgan fingerprint density at radius 2 is 1.95 bits per heavy atom. The second-order valence-corrected chi connectivity index (χ2v) is 5.75. The predicted molar refractivity (Wildman–Crippen MR) is 83.8 cm³/mol. The van der Waals surface area contributed by atoms with Crippen molar-refractivity contribution >= 4 is 61.9 Å². The molecule has 0 bridgehead atoms. The molecular weight excluding hydrogens is 301 g/mol. The highest BCUT2D eigenvalue weighted by atomic mass is 35.5. The molecular formula is C13H9Cl2N3S. The van der Waals surface area contributed by atoms with Crippen LogP contribution in [0.1, 0.15) is 0 Å². The third-order valence-electron chi connectivity index (χ3n) is 2.67. The van der Waals surface area contributed by atoms with E-state index in [1.165, 1.54) is 10.1 Å². The topological polar surface area (TPSA) is 50.9 Å². The first-order valence-corrected chi connectivity index (χ1v) is 7.13. The number of pyridine rings is 1. The number of nitrogen functional groups attached to an aromatic ring is 1. The van der Waals surface area contributed by atoms with Gasteiger partial charge in [0.15, 0.2) is 5.82 Å². The number of rotatable bonds is 2. The Morgan fingerprint density at radius 3 is 2.79 bits per heavy atom. The van der Waals surface area contributed by atoms with E-state index >= 15 is 0 Å². The van der Waals surface area contributed by atoms with Crippen molar-refractivity contribution < 1.29 is 0 Å². The largest absolute Gasteiger partial charge is 0.382 e. The Hall–Kier alpha value is -1.49. The van der Waals surface area contributed by atoms with Gasteiger partial charge in [0.05, 0.1) is 10.0 Å². The number of halogens is 2. The molecule has 0 aliphatic rings. The molecule has 0 spiro atoms. The van der Waals surface area contributed by atoms with E-state index in [-0.39, 0.29) is 5.82 Å². The van der Waals surface area contributed by atoms with Gasteiger partial charge in [-0.15, -0.1) is 11.3 Å². The fourth-order valence-electron chi connectivity index (χ4n) is 1.75. The first-order chi connectivity index (χ1) is 9.13. The molecule has 6 heteroatoms. The summed E-state index contributed by atoms with van der Waals surface area (Å²) in [7, 11) is 0. The standard InChI is InChI=1S/C13H9Cl2N3S/c14-9-6-10(15)13(18-12(9)16)17-8-1-2-11-7(5-8)3-4-19-11/h1-6H,(H3,16,17,18). The van der Waals surface area contributed by atoms with Crippen molar-refractivity contribution in [3.05, 3.63) is 45.8 Å². The fourth-order valence-corrected chi connectivity index (χ4v) is 2.93. The van der Waals surface area contributed by atoms with Crippen molar-refractivity contribution in [3.8, 4) is 0 Å². The van der Waals surface area contributed by atoms with Gasteiger partial charge >= 0.3 is 0 Å². The Labute approximate surface area is 124 Å². The Morgan fingerprint density at radius 1 is 1.11 bits per heavy atom. The molecule has 1 aromatic carbocycles. The molecule has 2 aromatic heterocycles. The molecule has 0 saturated carbocycles. The van der Waals surface area contributed by atoms with Crippen molar-refractivity contribution in [3.63, 3.8) is 0 Å². The number of aromatic nitrogens is 1. The van der Waals surface area contributed by atoms with E-state index < -0.39 is 0 Å². The number of anilines is 3. The monoisotopic (exact) mass is 309 g/mol. The van der Waals surface area contributed by atoms with Gasteiger partial charge in [0.2, 0.25) is 0 Å². The fraction of sp³-hybridized carbons (Fsp3) is 0. The van der Waals surface area contributed by atoms with E-state index in [1.54, 1.807) is 17.4 Å². The van der Waals surface area contributed by atoms with E-state index in [0.29, 0.717) is 15.9 Å². The third-order valence-corrected chi connectivity index (χ3v) is 4.16. The van der Waals surface area contributed by atoms with E-state index in [0.717, 1.165) is 5.69 Å². The number of nitrogens with zero attached hydrogens (tertiary/aromatic N) is 1. The summed E-state index contributed by atoms with van der Waals surface area (Å²) in [6.07, 6.45) is 0. The summed E-state index contributed by atoms with van der Waals surface area (Å²) in [5, 5.41) is 7.16. The summed E-state index contributed by atoms with van der Waals surface area (Å²) in [6, 6.07) is 9.71. The lowest BCUT2D eigenvalue weighted by Crippen LogP contribution is -1.98. The molecule has 0 unspecified atom stereocenters. The van der Waals surface area contributed by atoms with Gasteiger partial charge in [-0.1, -0.05) is 23.2 Å². The summed E-state index contributed by atoms with van der Waals surface area (Å²) in [5.41, 5.74) is 6.58. The maximum Gasteiger partial charge on any atom is 0.151 e. The third kappa shape index (κ3) is 2.47. The highest BCUT2D eigenvalue weighted by Gasteiger charge is 2.07. The average molecular weight is 310 g/mol. The number of hydrogen-bond acceptors (Lipinski definition) is 4. The van der Waals surface area contributed by atoms with Gasteiger partial charge in [-0.25, -0.2) is 4.98 Å². The second kappa shape index (κ2) is 4.89. The molecule has 0 aliphatic carbocycles. The Kier molecular flexibility index (Phi) is 3.22. The van der Waals surface area contributed by atoms with Gasteiger partial charge in [0, 0.05) is 10.4 Å². The second-order valence-electron chi connectivity index (χ2n) is 3.98. The first kappa shape index (κ1) is 12.5. The SMILES string of the molecule is Nc1nc(Nc2ccc3sccc3c2)c(Cl)cc1Cl. The molecule has 0 amide bonds. The summed E-state index contributed by atoms with van der Waals surface area (Å²) in [4.78, 5) is 4.14. The van der Waals surface area contributed by atoms with Crippen LogP contribution >= 0.6 is 34.5 Å². The van der Waals surface area contributed by atoms with Crippen molar-refractivity contribution in [1.29, 1.82) is 0 Å². The molecule has 96 valence electrons. The van der Waals surface area contributed by atoms with Crippen LogP contribution in [0, 0.1) is 0 Å². The lowest BCUT2D eigenvalue weighted by Gasteiger charge is -2.09. The number of fused-ring (bicyclic) bond motifs is 1. The van der Waals surface area contributed by atoms with E-state index in [1.807, 2.05) is 12.1 Å². The van der Waals surface area contributed by atoms with Crippen molar-refractivity contribution in [2.45, 2.75) is 0 Å². The zero-order valence-corrected chi connectivity index (χ0v) is 12.0. The van der Waals surface area contributed by atoms with Crippen LogP contribution < -0.4 is 11.1 Å². The van der Waals surface area contributed by atoms with E-state index in [9.17, 15) is 0 Å². The van der Waals surface area contributed by atoms with Crippen LogP contribution in [0.2, 0.25) is 10.0 Å². The molecule has 0 aliphatic heterocycles. The van der Waals surface area contributed by atoms with Gasteiger partial charge in [-0.3, -0.25) is 0 Å². The van der Waals surface area contributed by atoms with Crippen molar-refractivity contribution in [2.24, 2.45) is 0 Å². The minimum absolute atomic E-state index is 0.255. The molecule has 0 atom stereocenters. The van der Waals surface area contributed by atoms with Gasteiger partial charge in [0.1, 0.15) is 5.82 Å². The molecule has 0 fully saturated rings. The van der Waals surface area contributed by atoms with Crippen molar-refractivity contribution in [2.75, 3.05) is 11.1 Å². The molecule has 0 radical (unpaired) electrons. The maximum atomic E-state index is 6.09. The number of hydrogen-bond donors (Lipinski definition) is 2. The maximum absolute atomic E-state index is 6.09. The number of nitrogens with one attached hydrogen (secondary N) is 1. The van der Waals surface area contributed by atoms with Crippen LogP contribution in [-0.4, -0.2) is 4.98 Å². The van der Waals surface area contributed by atoms with Gasteiger partial charge < -0.3 is 11.1 Å². The predicted octanol–water partition coefficient (Wildman–Crippen LogP) is 4.93. The summed E-state index contributed by atoms with van der Waals surface area (Å²) < 4.78 is 1.24. The van der Waals surface area contributed by atoms with Crippen LogP contribution in [0.3, 0.4) is 0 Å². The van der Waals surface area contributed by atoms with Crippen LogP contribution in [0.15, 0.2) is 35.7 Å². The van der Waals surface area contributed by atoms with Crippen LogP contribution in [0.5, 0.6) is 0 Å². The van der Waals surface area contributed by atoms with Crippen LogP contribution in [0.4, 0.5) is 17.3 Å². The van der Waals surface area contributed by atoms with Gasteiger partial charge in [-0.2, -0.15) is 0 Å². The molecule has 0 saturated heterocycles. The molecule has 2 heterocycles. The molecule has 19 heavy (non-hydrogen) atoms. The average Bonchev–Trinajstić information content (AvgIpc) is 2.83. The Bertz CT molecular complexity index is 755. The van der Waals surface area contributed by atoms with Gasteiger partial charge in [0.25, 0.3) is 0 Å². The number of nitrogens with two attached hydrogens (primary N) is 1. The number of benzene rings is 1. The first-order valence-electron chi connectivity index (χ1n) is 5.49. The lowest BCUT2D eigenvalue weighted by atomic mass is 10.2. The minimum atomic E-state index is 0.255. The van der Waals surface area contributed by atoms with Crippen LogP contribution in [-0.2, 0) is 0 Å². The number of thiophene rings is 1. The smallest absolute Gasteiger partial charge is 0.151 e. The quantitative estimate of drug-likeness (QED) is 0.705. The Balaban J connectivity index is 1.98. The minimum Gasteiger partial charge on any atom is -0.382 e. The molecule has 3 rings (SSSR count). The zero-order chi connectivity index (χ0) is 13.4. The molecule has 3 nitrogen and oxygen atoms in total. The summed E-state index contributed by atoms with van der Waals surface area (Å²) in [5.74, 6) is 0.753. The summed E-state index contributed by atoms with van der Waals surface area (Å²) in [6.45, 7) is 0. The van der Waals surface area contributed by atoms with Crippen molar-refractivity contribution in [1.82, 2.24) is 4.98 Å². The lowest BCUT2D eigenvalue weighted by molar-refractivity contribution is 1.32. The van der Waals surface area contributed by atoms with E-state index in [2.05, 4.69) is 27.8 Å². The normalized spacial score (nSPS) is 10.8. The molecule has 3 N–H and O–H groups in total. The van der Waals surface area contributed by atoms with Gasteiger partial charge in [-0.05, 0) is 41.1 Å². The highest BCUT2D eigenvalue weighted by molar-refractivity contribution is 7.17. The highest BCUT2D eigenvalue weighted by Crippen LogP contribution is 2.31. The summed E-state index contributed by atoms with van der Waals surface area (Å²) >= 11 is 13.6. The van der Waals surface area contributed by atoms with Crippen LogP contribution in [0.25, 0.3) is 10.1 Å². The zero-order valence-electron chi connectivity index (χ0n) is 9.65. The van der Waals surface area contributed by atoms with E-state index in [4.69, 9.17) is 28.9 Å². The molecule has 3 aromatic rings.